The van der Waals surface area contributed by atoms with Crippen LogP contribution >= 0.6 is 11.3 Å². The Balaban J connectivity index is 1.65. The van der Waals surface area contributed by atoms with Crippen molar-refractivity contribution < 1.29 is 4.39 Å². The van der Waals surface area contributed by atoms with E-state index >= 15 is 0 Å². The number of thiophene rings is 1. The summed E-state index contributed by atoms with van der Waals surface area (Å²) >= 11 is 1.66. The summed E-state index contributed by atoms with van der Waals surface area (Å²) in [6.07, 6.45) is 1.89. The summed E-state index contributed by atoms with van der Waals surface area (Å²) in [7, 11) is 2.14. The van der Waals surface area contributed by atoms with E-state index in [4.69, 9.17) is 10.1 Å². The van der Waals surface area contributed by atoms with Crippen molar-refractivity contribution in [2.45, 2.75) is 0 Å². The lowest BCUT2D eigenvalue weighted by atomic mass is 10.1. The molecule has 1 aliphatic heterocycles. The Labute approximate surface area is 166 Å². The van der Waals surface area contributed by atoms with E-state index in [-0.39, 0.29) is 5.82 Å². The minimum absolute atomic E-state index is 0.265. The number of nitrogens with zero attached hydrogens (tertiary/aromatic N) is 5. The molecule has 1 fully saturated rings. The summed E-state index contributed by atoms with van der Waals surface area (Å²) in [6.45, 7) is 3.94. The highest BCUT2D eigenvalue weighted by Gasteiger charge is 2.19. The summed E-state index contributed by atoms with van der Waals surface area (Å²) in [5, 5.41) is 9.03. The largest absolute Gasteiger partial charge is 0.353 e. The van der Waals surface area contributed by atoms with E-state index in [0.29, 0.717) is 0 Å². The zero-order chi connectivity index (χ0) is 19.1. The summed E-state index contributed by atoms with van der Waals surface area (Å²) in [5.41, 5.74) is 4.44. The van der Waals surface area contributed by atoms with Crippen LogP contribution in [0.2, 0.25) is 0 Å². The van der Waals surface area contributed by atoms with Gasteiger partial charge in [0.05, 0.1) is 11.9 Å². The third kappa shape index (κ3) is 3.16. The molecule has 1 aliphatic rings. The molecular weight excluding hydrogens is 373 g/mol. The molecule has 5 nitrogen and oxygen atoms in total. The van der Waals surface area contributed by atoms with E-state index in [1.165, 1.54) is 12.1 Å². The van der Waals surface area contributed by atoms with Gasteiger partial charge < -0.3 is 9.80 Å². The van der Waals surface area contributed by atoms with Gasteiger partial charge in [0, 0.05) is 37.3 Å². The van der Waals surface area contributed by atoms with Crippen LogP contribution in [0.15, 0.2) is 53.4 Å². The lowest BCUT2D eigenvalue weighted by molar-refractivity contribution is 0.311. The molecule has 0 saturated carbocycles. The summed E-state index contributed by atoms with van der Waals surface area (Å²) in [4.78, 5) is 9.43. The molecule has 1 aromatic carbocycles. The normalized spacial score (nSPS) is 15.4. The zero-order valence-corrected chi connectivity index (χ0v) is 16.4. The molecule has 142 valence electrons. The first kappa shape index (κ1) is 17.3. The molecule has 0 bridgehead atoms. The van der Waals surface area contributed by atoms with E-state index in [1.807, 2.05) is 16.8 Å². The van der Waals surface area contributed by atoms with Gasteiger partial charge in [0.1, 0.15) is 11.6 Å². The Kier molecular flexibility index (Phi) is 4.33. The lowest BCUT2D eigenvalue weighted by Crippen LogP contribution is -2.45. The van der Waals surface area contributed by atoms with Gasteiger partial charge in [-0.1, -0.05) is 12.1 Å². The quantitative estimate of drug-likeness (QED) is 0.527. The minimum Gasteiger partial charge on any atom is -0.353 e. The van der Waals surface area contributed by atoms with E-state index in [0.717, 1.165) is 60.0 Å². The molecule has 1 saturated heterocycles. The first-order valence-corrected chi connectivity index (χ1v) is 10.2. The van der Waals surface area contributed by atoms with Gasteiger partial charge in [-0.05, 0) is 47.6 Å². The van der Waals surface area contributed by atoms with E-state index in [2.05, 4.69) is 39.7 Å². The first-order valence-electron chi connectivity index (χ1n) is 9.30. The summed E-state index contributed by atoms with van der Waals surface area (Å²) in [6, 6.07) is 10.8. The monoisotopic (exact) mass is 393 g/mol. The van der Waals surface area contributed by atoms with Crippen LogP contribution in [0.5, 0.6) is 0 Å². The SMILES string of the molecule is CN1CCN(c2cc(-c3ccsc3)c3nc(-c4cccc(F)c4)cn3n2)CC1. The average Bonchev–Trinajstić information content (AvgIpc) is 3.38. The third-order valence-electron chi connectivity index (χ3n) is 5.19. The smallest absolute Gasteiger partial charge is 0.162 e. The van der Waals surface area contributed by atoms with Crippen LogP contribution in [-0.2, 0) is 0 Å². The molecular formula is C21H20FN5S. The Bertz CT molecular complexity index is 1110. The van der Waals surface area contributed by atoms with Crippen molar-refractivity contribution in [2.75, 3.05) is 38.1 Å². The van der Waals surface area contributed by atoms with Crippen molar-refractivity contribution in [2.24, 2.45) is 0 Å². The van der Waals surface area contributed by atoms with Gasteiger partial charge in [0.25, 0.3) is 0 Å². The fourth-order valence-corrected chi connectivity index (χ4v) is 4.23. The highest BCUT2D eigenvalue weighted by molar-refractivity contribution is 7.08. The first-order chi connectivity index (χ1) is 13.7. The highest BCUT2D eigenvalue weighted by atomic mass is 32.1. The molecule has 0 atom stereocenters. The van der Waals surface area contributed by atoms with Crippen molar-refractivity contribution in [3.05, 3.63) is 59.2 Å². The van der Waals surface area contributed by atoms with Crippen molar-refractivity contribution in [3.63, 3.8) is 0 Å². The van der Waals surface area contributed by atoms with Crippen molar-refractivity contribution in [1.82, 2.24) is 19.5 Å². The molecule has 7 heteroatoms. The molecule has 28 heavy (non-hydrogen) atoms. The number of hydrogen-bond donors (Lipinski definition) is 0. The standard InChI is InChI=1S/C21H20FN5S/c1-25-6-8-26(9-7-25)20-12-18(16-5-10-28-14-16)21-23-19(13-27(21)24-20)15-3-2-4-17(22)11-15/h2-5,10-14H,6-9H2,1H3. The predicted octanol–water partition coefficient (Wildman–Crippen LogP) is 4.02. The number of aromatic nitrogens is 3. The van der Waals surface area contributed by atoms with Gasteiger partial charge >= 0.3 is 0 Å². The second-order valence-electron chi connectivity index (χ2n) is 7.12. The fourth-order valence-electron chi connectivity index (χ4n) is 3.57. The molecule has 3 aromatic heterocycles. The Morgan fingerprint density at radius 2 is 1.89 bits per heavy atom. The second kappa shape index (κ2) is 7.00. The average molecular weight is 393 g/mol. The maximum absolute atomic E-state index is 13.7. The molecule has 0 radical (unpaired) electrons. The van der Waals surface area contributed by atoms with E-state index < -0.39 is 0 Å². The Morgan fingerprint density at radius 3 is 2.64 bits per heavy atom. The highest BCUT2D eigenvalue weighted by Crippen LogP contribution is 2.31. The second-order valence-corrected chi connectivity index (χ2v) is 7.90. The molecule has 0 aliphatic carbocycles. The molecule has 0 spiro atoms. The molecule has 0 amide bonds. The number of piperazine rings is 1. The Hall–Kier alpha value is -2.77. The van der Waals surface area contributed by atoms with E-state index in [1.54, 1.807) is 17.4 Å². The summed E-state index contributed by atoms with van der Waals surface area (Å²) < 4.78 is 15.5. The fraction of sp³-hybridized carbons (Fsp3) is 0.238. The molecule has 5 rings (SSSR count). The molecule has 0 N–H and O–H groups in total. The van der Waals surface area contributed by atoms with Crippen LogP contribution in [0.3, 0.4) is 0 Å². The van der Waals surface area contributed by atoms with Crippen molar-refractivity contribution in [1.29, 1.82) is 0 Å². The maximum Gasteiger partial charge on any atom is 0.162 e. The van der Waals surface area contributed by atoms with E-state index in [9.17, 15) is 4.39 Å². The number of hydrogen-bond acceptors (Lipinski definition) is 5. The number of benzene rings is 1. The van der Waals surface area contributed by atoms with Crippen LogP contribution < -0.4 is 4.90 Å². The van der Waals surface area contributed by atoms with Gasteiger partial charge in [-0.3, -0.25) is 0 Å². The minimum atomic E-state index is -0.265. The number of anilines is 1. The van der Waals surface area contributed by atoms with Gasteiger partial charge in [-0.2, -0.15) is 11.3 Å². The molecule has 4 heterocycles. The summed E-state index contributed by atoms with van der Waals surface area (Å²) in [5.74, 6) is 0.684. The predicted molar refractivity (Wildman–Crippen MR) is 111 cm³/mol. The number of fused-ring (bicyclic) bond motifs is 1. The van der Waals surface area contributed by atoms with Crippen molar-refractivity contribution in [3.8, 4) is 22.4 Å². The molecule has 0 unspecified atom stereocenters. The topological polar surface area (TPSA) is 36.7 Å². The number of rotatable bonds is 3. The van der Waals surface area contributed by atoms with Gasteiger partial charge in [0.2, 0.25) is 0 Å². The third-order valence-corrected chi connectivity index (χ3v) is 5.88. The molecule has 4 aromatic rings. The number of likely N-dealkylation sites (N-methyl/N-ethyl adjacent to an activating group) is 1. The van der Waals surface area contributed by atoms with Crippen LogP contribution in [0.25, 0.3) is 28.0 Å². The van der Waals surface area contributed by atoms with Crippen LogP contribution in [0.4, 0.5) is 10.2 Å². The van der Waals surface area contributed by atoms with Gasteiger partial charge in [0.15, 0.2) is 5.65 Å². The Morgan fingerprint density at radius 1 is 1.04 bits per heavy atom. The van der Waals surface area contributed by atoms with Gasteiger partial charge in [-0.15, -0.1) is 5.10 Å². The lowest BCUT2D eigenvalue weighted by Gasteiger charge is -2.33. The van der Waals surface area contributed by atoms with Crippen LogP contribution in [-0.4, -0.2) is 52.7 Å². The number of imidazole rings is 1. The van der Waals surface area contributed by atoms with Crippen LogP contribution in [0, 0.1) is 5.82 Å². The van der Waals surface area contributed by atoms with Crippen molar-refractivity contribution >= 4 is 22.8 Å². The van der Waals surface area contributed by atoms with Crippen LogP contribution in [0.1, 0.15) is 0 Å². The number of halogens is 1. The zero-order valence-electron chi connectivity index (χ0n) is 15.5. The van der Waals surface area contributed by atoms with Gasteiger partial charge in [-0.25, -0.2) is 13.9 Å². The maximum atomic E-state index is 13.7.